The Bertz CT molecular complexity index is 1380. The van der Waals surface area contributed by atoms with E-state index in [1.165, 1.54) is 70.6 Å². The van der Waals surface area contributed by atoms with Crippen molar-refractivity contribution in [3.8, 4) is 0 Å². The molecule has 0 bridgehead atoms. The average molecular weight is 897 g/mol. The van der Waals surface area contributed by atoms with Gasteiger partial charge in [-0.15, -0.1) is 0 Å². The number of aliphatic hydroxyl groups is 1. The van der Waals surface area contributed by atoms with Crippen molar-refractivity contribution in [1.29, 1.82) is 0 Å². The maximum absolute atomic E-state index is 12.3. The first-order chi connectivity index (χ1) is 32.1. The van der Waals surface area contributed by atoms with Crippen LogP contribution in [0.3, 0.4) is 0 Å². The highest BCUT2D eigenvalue weighted by Gasteiger charge is 2.16. The largest absolute Gasteiger partial charge is 0.462 e. The zero-order valence-corrected chi connectivity index (χ0v) is 41.7. The first-order valence-corrected chi connectivity index (χ1v) is 26.2. The highest BCUT2D eigenvalue weighted by Crippen LogP contribution is 2.13. The number of aliphatic hydroxyl groups excluding tert-OH is 1. The van der Waals surface area contributed by atoms with Crippen molar-refractivity contribution in [3.63, 3.8) is 0 Å². The number of carbonyl (C=O) groups excluding carboxylic acids is 2. The molecule has 0 amide bonds. The summed E-state index contributed by atoms with van der Waals surface area (Å²) in [4.78, 5) is 24.4. The summed E-state index contributed by atoms with van der Waals surface area (Å²) < 4.78 is 10.6. The third-order valence-corrected chi connectivity index (χ3v) is 10.7. The van der Waals surface area contributed by atoms with Crippen LogP contribution in [0.1, 0.15) is 213 Å². The fraction of sp³-hybridized carbons (Fsp3) is 0.600. The van der Waals surface area contributed by atoms with E-state index in [1.54, 1.807) is 0 Å². The molecule has 366 valence electrons. The molecule has 0 fully saturated rings. The Morgan fingerprint density at radius 1 is 0.369 bits per heavy atom. The standard InChI is InChI=1S/C60H96O5/c1-3-5-7-9-11-13-15-17-19-21-22-23-24-25-26-27-28-29-30-31-32-33-34-35-36-37-38-39-41-43-45-47-49-51-53-55-60(63)65-58(56-61)57-64-59(62)54-52-50-48-46-44-42-40-20-18-16-14-12-10-8-6-4-2/h5,7,11,13-14,16-17,19-20,22-23,25-26,28-29,31-32,34-35,37-38,40,58,61H,3-4,6,8-10,12,15,18,21,24,27,30,33,36,39,41-57H2,1-2H3/b7-5-,13-11-,16-14-,19-17-,23-22-,26-25-,29-28-,32-31-,35-34-,38-37-,40-20-. The molecule has 0 aliphatic carbocycles. The van der Waals surface area contributed by atoms with Crippen molar-refractivity contribution in [2.75, 3.05) is 13.2 Å². The van der Waals surface area contributed by atoms with Gasteiger partial charge in [0.1, 0.15) is 6.61 Å². The van der Waals surface area contributed by atoms with Crippen LogP contribution in [0.25, 0.3) is 0 Å². The van der Waals surface area contributed by atoms with Gasteiger partial charge in [0.15, 0.2) is 6.10 Å². The van der Waals surface area contributed by atoms with E-state index >= 15 is 0 Å². The van der Waals surface area contributed by atoms with Crippen LogP contribution in [-0.2, 0) is 19.1 Å². The Morgan fingerprint density at radius 2 is 0.662 bits per heavy atom. The number of ether oxygens (including phenoxy) is 2. The lowest BCUT2D eigenvalue weighted by molar-refractivity contribution is -0.161. The van der Waals surface area contributed by atoms with Crippen LogP contribution >= 0.6 is 0 Å². The Balaban J connectivity index is 3.64. The van der Waals surface area contributed by atoms with Gasteiger partial charge in [-0.2, -0.15) is 0 Å². The minimum Gasteiger partial charge on any atom is -0.462 e. The van der Waals surface area contributed by atoms with E-state index in [4.69, 9.17) is 9.47 Å². The summed E-state index contributed by atoms with van der Waals surface area (Å²) in [5.41, 5.74) is 0. The van der Waals surface area contributed by atoms with Gasteiger partial charge < -0.3 is 14.6 Å². The van der Waals surface area contributed by atoms with Crippen LogP contribution < -0.4 is 0 Å². The topological polar surface area (TPSA) is 72.8 Å². The van der Waals surface area contributed by atoms with Crippen molar-refractivity contribution in [1.82, 2.24) is 0 Å². The zero-order chi connectivity index (χ0) is 47.0. The van der Waals surface area contributed by atoms with E-state index in [1.807, 2.05) is 0 Å². The molecule has 1 unspecified atom stereocenters. The minimum absolute atomic E-state index is 0.0855. The predicted molar refractivity (Wildman–Crippen MR) is 283 cm³/mol. The number of hydrogen-bond donors (Lipinski definition) is 1. The van der Waals surface area contributed by atoms with Gasteiger partial charge in [0.2, 0.25) is 0 Å². The molecule has 1 N–H and O–H groups in total. The van der Waals surface area contributed by atoms with Gasteiger partial charge in [-0.3, -0.25) is 9.59 Å². The molecule has 1 atom stereocenters. The molecule has 0 heterocycles. The van der Waals surface area contributed by atoms with Gasteiger partial charge in [0.05, 0.1) is 6.61 Å². The molecule has 0 saturated carbocycles. The van der Waals surface area contributed by atoms with Gasteiger partial charge in [0, 0.05) is 12.8 Å². The summed E-state index contributed by atoms with van der Waals surface area (Å²) in [6.45, 7) is 3.98. The minimum atomic E-state index is -0.793. The van der Waals surface area contributed by atoms with E-state index in [-0.39, 0.29) is 25.2 Å². The maximum Gasteiger partial charge on any atom is 0.306 e. The van der Waals surface area contributed by atoms with Gasteiger partial charge in [-0.25, -0.2) is 0 Å². The van der Waals surface area contributed by atoms with Crippen LogP contribution in [-0.4, -0.2) is 36.4 Å². The number of allylic oxidation sites excluding steroid dienone is 22. The molecule has 0 saturated heterocycles. The summed E-state index contributed by atoms with van der Waals surface area (Å²) in [5.74, 6) is -0.628. The summed E-state index contributed by atoms with van der Waals surface area (Å²) >= 11 is 0. The summed E-state index contributed by atoms with van der Waals surface area (Å²) in [7, 11) is 0. The number of rotatable bonds is 46. The Hall–Kier alpha value is -3.96. The van der Waals surface area contributed by atoms with E-state index in [0.717, 1.165) is 116 Å². The molecule has 0 aromatic carbocycles. The summed E-state index contributed by atoms with van der Waals surface area (Å²) in [5, 5.41) is 9.62. The molecule has 0 aromatic rings. The third-order valence-electron chi connectivity index (χ3n) is 10.7. The average Bonchev–Trinajstić information content (AvgIpc) is 3.31. The normalized spacial score (nSPS) is 13.3. The summed E-state index contributed by atoms with van der Waals surface area (Å²) in [6.07, 6.45) is 81.1. The predicted octanol–water partition coefficient (Wildman–Crippen LogP) is 17.7. The Kier molecular flexibility index (Phi) is 51.1. The quantitative estimate of drug-likeness (QED) is 0.0374. The van der Waals surface area contributed by atoms with Crippen LogP contribution in [0.15, 0.2) is 134 Å². The fourth-order valence-electron chi connectivity index (χ4n) is 6.75. The van der Waals surface area contributed by atoms with Crippen LogP contribution in [0, 0.1) is 0 Å². The second kappa shape index (κ2) is 54.4. The van der Waals surface area contributed by atoms with Gasteiger partial charge in [-0.05, 0) is 116 Å². The highest BCUT2D eigenvalue weighted by atomic mass is 16.6. The van der Waals surface area contributed by atoms with Crippen molar-refractivity contribution in [2.45, 2.75) is 219 Å². The maximum atomic E-state index is 12.3. The first kappa shape index (κ1) is 61.0. The molecule has 0 radical (unpaired) electrons. The zero-order valence-electron chi connectivity index (χ0n) is 41.7. The molecule has 0 aliphatic heterocycles. The molecule has 0 aromatic heterocycles. The van der Waals surface area contributed by atoms with Crippen LogP contribution in [0.5, 0.6) is 0 Å². The molecule has 65 heavy (non-hydrogen) atoms. The second-order valence-corrected chi connectivity index (χ2v) is 16.9. The lowest BCUT2D eigenvalue weighted by Crippen LogP contribution is -2.28. The molecular weight excluding hydrogens is 801 g/mol. The third kappa shape index (κ3) is 52.5. The molecule has 5 heteroatoms. The monoisotopic (exact) mass is 897 g/mol. The molecule has 0 rings (SSSR count). The van der Waals surface area contributed by atoms with E-state index in [2.05, 4.69) is 148 Å². The molecule has 0 spiro atoms. The SMILES string of the molecule is CC/C=C\C/C=C\C/C=C\C/C=C\C/C=C\C/C=C\C/C=C\C/C=C\C/C=C\CCCCCCCCCC(=O)OC(CO)COC(=O)CCCCCCC/C=C\C/C=C\CCCCCC. The molecule has 5 nitrogen and oxygen atoms in total. The van der Waals surface area contributed by atoms with Gasteiger partial charge in [-0.1, -0.05) is 218 Å². The van der Waals surface area contributed by atoms with Crippen molar-refractivity contribution >= 4 is 11.9 Å². The first-order valence-electron chi connectivity index (χ1n) is 26.2. The van der Waals surface area contributed by atoms with Crippen molar-refractivity contribution in [2.24, 2.45) is 0 Å². The van der Waals surface area contributed by atoms with E-state index in [9.17, 15) is 14.7 Å². The molecular formula is C60H96O5. The number of carbonyl (C=O) groups is 2. The summed E-state index contributed by atoms with van der Waals surface area (Å²) in [6, 6.07) is 0. The smallest absolute Gasteiger partial charge is 0.306 e. The number of hydrogen-bond acceptors (Lipinski definition) is 5. The van der Waals surface area contributed by atoms with E-state index in [0.29, 0.717) is 12.8 Å². The van der Waals surface area contributed by atoms with Crippen molar-refractivity contribution < 1.29 is 24.2 Å². The molecule has 0 aliphatic rings. The fourth-order valence-corrected chi connectivity index (χ4v) is 6.75. The number of esters is 2. The highest BCUT2D eigenvalue weighted by molar-refractivity contribution is 5.70. The van der Waals surface area contributed by atoms with Gasteiger partial charge >= 0.3 is 11.9 Å². The lowest BCUT2D eigenvalue weighted by atomic mass is 10.1. The second-order valence-electron chi connectivity index (χ2n) is 16.9. The van der Waals surface area contributed by atoms with E-state index < -0.39 is 6.10 Å². The number of unbranched alkanes of at least 4 members (excludes halogenated alkanes) is 16. The van der Waals surface area contributed by atoms with Crippen LogP contribution in [0.2, 0.25) is 0 Å². The van der Waals surface area contributed by atoms with Crippen LogP contribution in [0.4, 0.5) is 0 Å². The Labute approximate surface area is 400 Å². The lowest BCUT2D eigenvalue weighted by Gasteiger charge is -2.15. The van der Waals surface area contributed by atoms with Crippen molar-refractivity contribution in [3.05, 3.63) is 134 Å². The Morgan fingerprint density at radius 3 is 1.00 bits per heavy atom. The van der Waals surface area contributed by atoms with Gasteiger partial charge in [0.25, 0.3) is 0 Å².